The Morgan fingerprint density at radius 2 is 1.40 bits per heavy atom. The van der Waals surface area contributed by atoms with Gasteiger partial charge < -0.3 is 5.11 Å². The Hall–Kier alpha value is -1.24. The van der Waals surface area contributed by atoms with Crippen LogP contribution in [0, 0.1) is 11.8 Å². The first-order valence-electron chi connectivity index (χ1n) is 10.1. The molecule has 1 aromatic rings. The lowest BCUT2D eigenvalue weighted by molar-refractivity contribution is 0.195. The first-order chi connectivity index (χ1) is 11.6. The van der Waals surface area contributed by atoms with Crippen LogP contribution in [0.15, 0.2) is 18.2 Å². The molecule has 25 heavy (non-hydrogen) atoms. The maximum absolute atomic E-state index is 10.9. The zero-order valence-electron chi connectivity index (χ0n) is 17.1. The second-order valence-electron chi connectivity index (χ2n) is 10.4. The van der Waals surface area contributed by atoms with Gasteiger partial charge in [0.15, 0.2) is 0 Å². The predicted octanol–water partition coefficient (Wildman–Crippen LogP) is 6.97. The Morgan fingerprint density at radius 1 is 0.840 bits per heavy atom. The van der Waals surface area contributed by atoms with E-state index in [-0.39, 0.29) is 10.8 Å². The standard InChI is InChI=1S/C24H36O/c1-23(2,3)20-14-19(15-21(22(20)25)24(4,5)6)18-12-10-17(11-13-18)16-8-7-9-16/h12,14-17,25H,7-11,13H2,1-6H3. The lowest BCUT2D eigenvalue weighted by Crippen LogP contribution is -2.23. The first kappa shape index (κ1) is 18.5. The smallest absolute Gasteiger partial charge is 0.123 e. The zero-order chi connectivity index (χ0) is 18.4. The van der Waals surface area contributed by atoms with E-state index in [2.05, 4.69) is 59.8 Å². The molecular weight excluding hydrogens is 304 g/mol. The molecule has 2 aliphatic rings. The van der Waals surface area contributed by atoms with E-state index >= 15 is 0 Å². The summed E-state index contributed by atoms with van der Waals surface area (Å²) < 4.78 is 0. The third kappa shape index (κ3) is 3.81. The van der Waals surface area contributed by atoms with E-state index in [1.165, 1.54) is 49.7 Å². The van der Waals surface area contributed by atoms with Crippen molar-refractivity contribution < 1.29 is 5.11 Å². The summed E-state index contributed by atoms with van der Waals surface area (Å²) in [6.07, 6.45) is 10.6. The summed E-state index contributed by atoms with van der Waals surface area (Å²) in [4.78, 5) is 0. The first-order valence-corrected chi connectivity index (χ1v) is 10.1. The SMILES string of the molecule is CC(C)(C)c1cc(C2=CCC(C3CCC3)CC2)cc(C(C)(C)C)c1O. The third-order valence-electron chi connectivity index (χ3n) is 6.36. The van der Waals surface area contributed by atoms with Gasteiger partial charge in [-0.3, -0.25) is 0 Å². The van der Waals surface area contributed by atoms with Gasteiger partial charge in [0.25, 0.3) is 0 Å². The highest BCUT2D eigenvalue weighted by molar-refractivity contribution is 5.70. The summed E-state index contributed by atoms with van der Waals surface area (Å²) in [6, 6.07) is 4.50. The van der Waals surface area contributed by atoms with Crippen LogP contribution in [0.1, 0.15) is 96.8 Å². The highest BCUT2D eigenvalue weighted by Crippen LogP contribution is 2.45. The molecular formula is C24H36O. The lowest BCUT2D eigenvalue weighted by atomic mass is 9.70. The molecule has 0 bridgehead atoms. The van der Waals surface area contributed by atoms with Crippen LogP contribution in [-0.4, -0.2) is 5.11 Å². The molecule has 0 heterocycles. The minimum absolute atomic E-state index is 0.0518. The Labute approximate surface area is 154 Å². The van der Waals surface area contributed by atoms with E-state index < -0.39 is 0 Å². The molecule has 1 unspecified atom stereocenters. The van der Waals surface area contributed by atoms with E-state index in [0.717, 1.165) is 23.0 Å². The monoisotopic (exact) mass is 340 g/mol. The summed E-state index contributed by atoms with van der Waals surface area (Å²) in [5.41, 5.74) is 4.88. The number of phenols is 1. The third-order valence-corrected chi connectivity index (χ3v) is 6.36. The van der Waals surface area contributed by atoms with E-state index in [4.69, 9.17) is 0 Å². The van der Waals surface area contributed by atoms with Gasteiger partial charge in [0.1, 0.15) is 5.75 Å². The minimum Gasteiger partial charge on any atom is -0.507 e. The number of phenolic OH excluding ortho intramolecular Hbond substituents is 1. The van der Waals surface area contributed by atoms with Crippen LogP contribution in [-0.2, 0) is 10.8 Å². The highest BCUT2D eigenvalue weighted by Gasteiger charge is 2.30. The molecule has 0 aliphatic heterocycles. The fourth-order valence-electron chi connectivity index (χ4n) is 4.42. The van der Waals surface area contributed by atoms with Crippen molar-refractivity contribution in [3.63, 3.8) is 0 Å². The number of allylic oxidation sites excluding steroid dienone is 2. The maximum atomic E-state index is 10.9. The van der Waals surface area contributed by atoms with E-state index in [9.17, 15) is 5.11 Å². The van der Waals surface area contributed by atoms with Crippen molar-refractivity contribution in [2.45, 2.75) is 90.9 Å². The van der Waals surface area contributed by atoms with Crippen LogP contribution < -0.4 is 0 Å². The Morgan fingerprint density at radius 3 is 1.76 bits per heavy atom. The van der Waals surface area contributed by atoms with Gasteiger partial charge in [0, 0.05) is 11.1 Å². The Bertz CT molecular complexity index is 627. The summed E-state index contributed by atoms with van der Waals surface area (Å²) in [5, 5.41) is 10.9. The van der Waals surface area contributed by atoms with Gasteiger partial charge in [0.05, 0.1) is 0 Å². The van der Waals surface area contributed by atoms with Crippen LogP contribution >= 0.6 is 0 Å². The zero-order valence-corrected chi connectivity index (χ0v) is 17.1. The van der Waals surface area contributed by atoms with Gasteiger partial charge in [-0.2, -0.15) is 0 Å². The molecule has 0 amide bonds. The molecule has 1 saturated carbocycles. The van der Waals surface area contributed by atoms with Gasteiger partial charge in [-0.25, -0.2) is 0 Å². The summed E-state index contributed by atoms with van der Waals surface area (Å²) in [7, 11) is 0. The fourth-order valence-corrected chi connectivity index (χ4v) is 4.42. The summed E-state index contributed by atoms with van der Waals surface area (Å²) >= 11 is 0. The van der Waals surface area contributed by atoms with Crippen molar-refractivity contribution in [1.29, 1.82) is 0 Å². The molecule has 1 N–H and O–H groups in total. The highest BCUT2D eigenvalue weighted by atomic mass is 16.3. The van der Waals surface area contributed by atoms with Crippen molar-refractivity contribution in [2.75, 3.05) is 0 Å². The van der Waals surface area contributed by atoms with Crippen molar-refractivity contribution in [3.8, 4) is 5.75 Å². The van der Waals surface area contributed by atoms with Crippen LogP contribution in [0.2, 0.25) is 0 Å². The average molecular weight is 341 g/mol. The van der Waals surface area contributed by atoms with E-state index in [1.807, 2.05) is 0 Å². The molecule has 0 radical (unpaired) electrons. The van der Waals surface area contributed by atoms with E-state index in [0.29, 0.717) is 5.75 Å². The molecule has 1 nitrogen and oxygen atoms in total. The van der Waals surface area contributed by atoms with Crippen LogP contribution in [0.25, 0.3) is 5.57 Å². The maximum Gasteiger partial charge on any atom is 0.123 e. The molecule has 0 spiro atoms. The van der Waals surface area contributed by atoms with Gasteiger partial charge >= 0.3 is 0 Å². The minimum atomic E-state index is -0.0518. The Balaban J connectivity index is 1.97. The van der Waals surface area contributed by atoms with Gasteiger partial charge in [-0.05, 0) is 65.2 Å². The van der Waals surface area contributed by atoms with Crippen LogP contribution in [0.4, 0.5) is 0 Å². The number of hydrogen-bond donors (Lipinski definition) is 1. The second-order valence-corrected chi connectivity index (χ2v) is 10.4. The van der Waals surface area contributed by atoms with Crippen molar-refractivity contribution in [3.05, 3.63) is 34.9 Å². The van der Waals surface area contributed by atoms with Crippen LogP contribution in [0.5, 0.6) is 5.75 Å². The fraction of sp³-hybridized carbons (Fsp3) is 0.667. The molecule has 1 atom stereocenters. The van der Waals surface area contributed by atoms with Crippen molar-refractivity contribution in [1.82, 2.24) is 0 Å². The topological polar surface area (TPSA) is 20.2 Å². The van der Waals surface area contributed by atoms with Gasteiger partial charge in [0.2, 0.25) is 0 Å². The number of hydrogen-bond acceptors (Lipinski definition) is 1. The van der Waals surface area contributed by atoms with Gasteiger partial charge in [-0.15, -0.1) is 0 Å². The average Bonchev–Trinajstić information content (AvgIpc) is 2.44. The number of aromatic hydroxyl groups is 1. The second kappa shape index (κ2) is 6.49. The van der Waals surface area contributed by atoms with Crippen LogP contribution in [0.3, 0.4) is 0 Å². The number of rotatable bonds is 2. The molecule has 138 valence electrons. The largest absolute Gasteiger partial charge is 0.507 e. The number of benzene rings is 1. The molecule has 2 aliphatic carbocycles. The summed E-state index contributed by atoms with van der Waals surface area (Å²) in [6.45, 7) is 13.2. The predicted molar refractivity (Wildman–Crippen MR) is 108 cm³/mol. The Kier molecular flexibility index (Phi) is 4.81. The lowest BCUT2D eigenvalue weighted by Gasteiger charge is -2.36. The quantitative estimate of drug-likeness (QED) is 0.616. The van der Waals surface area contributed by atoms with Gasteiger partial charge in [-0.1, -0.05) is 66.9 Å². The van der Waals surface area contributed by atoms with Crippen molar-refractivity contribution >= 4 is 5.57 Å². The van der Waals surface area contributed by atoms with Crippen molar-refractivity contribution in [2.24, 2.45) is 11.8 Å². The molecule has 0 saturated heterocycles. The molecule has 1 fully saturated rings. The molecule has 3 rings (SSSR count). The van der Waals surface area contributed by atoms with E-state index in [1.54, 1.807) is 0 Å². The normalized spacial score (nSPS) is 22.5. The molecule has 1 aromatic carbocycles. The molecule has 1 heteroatoms. The summed E-state index contributed by atoms with van der Waals surface area (Å²) in [5.74, 6) is 2.40. The molecule has 0 aromatic heterocycles.